The third kappa shape index (κ3) is 21.9. The van der Waals surface area contributed by atoms with Crippen LogP contribution in [0, 0.1) is 34.2 Å². The summed E-state index contributed by atoms with van der Waals surface area (Å²) in [5.74, 6) is 10.5. The minimum absolute atomic E-state index is 0.00397. The van der Waals surface area contributed by atoms with Gasteiger partial charge in [-0.05, 0) is 134 Å². The van der Waals surface area contributed by atoms with Crippen molar-refractivity contribution < 1.29 is 116 Å². The lowest BCUT2D eigenvalue weighted by Crippen LogP contribution is -2.65. The number of alkyl carbamates (subject to hydrolysis) is 1. The Morgan fingerprint density at radius 1 is 0.855 bits per heavy atom. The number of thioether (sulfide) groups is 1. The third-order valence-electron chi connectivity index (χ3n) is 19.2. The highest BCUT2D eigenvalue weighted by Gasteiger charge is 2.59. The predicted octanol–water partition coefficient (Wildman–Crippen LogP) is 6.10. The Morgan fingerprint density at radius 2 is 1.57 bits per heavy atom. The SMILES string of the molecule is CCN(C(C)=O)C1COC(OC2C(O[C@H]3C#C/C=C\C#C[C@]4(O)CC(=O)C(NC(=O)OC)=C3/C4=C\CSSC(C)(C)CC(=O)NN=C(C)c3ccc(CCCC(=O)NC(C)(C)C)cc3)OC(C)C(NOC3CC(O)C(SC(=O)c4c(C)c(I)c(OC5OC6OC6C(OC)C5O)c(OC)c4OC)C(C)O3)C2O)CC1OC. The number of ether oxygens (including phenoxy) is 13. The zero-order valence-electron chi connectivity index (χ0n) is 64.5. The molecule has 4 amide bonds. The molecule has 2 aliphatic carbocycles. The van der Waals surface area contributed by atoms with E-state index in [2.05, 4.69) is 50.3 Å². The average Bonchev–Trinajstić information content (AvgIpc) is 1.18. The molecular weight excluding hydrogens is 1600 g/mol. The molecule has 0 spiro atoms. The van der Waals surface area contributed by atoms with E-state index in [4.69, 9.17) is 66.4 Å². The van der Waals surface area contributed by atoms with Gasteiger partial charge in [-0.3, -0.25) is 34.1 Å². The number of Topliss-reactive ketones (excluding diaryl/α,β-unsaturated/α-hetero) is 1. The van der Waals surface area contributed by atoms with Crippen molar-refractivity contribution in [2.75, 3.05) is 54.5 Å². The second-order valence-electron chi connectivity index (χ2n) is 28.9. The van der Waals surface area contributed by atoms with Gasteiger partial charge in [-0.15, -0.1) is 0 Å². The second-order valence-corrected chi connectivity index (χ2v) is 34.2. The number of carbonyl (C=O) groups is 6. The standard InChI is InChI=1S/C76H101IN6O24S3/c1-17-83(42(6)84)46-37-99-53(34-50(46)94-12)103-65-60(89)58(82-107-54-33-47(85)68(41(5)100-54)109-69(91)55-38(2)57(77)63(66(97-15)62(55)95-13)104-70-61(90)64(96-14)67-72(105-67)106-70)40(4)101-71(65)102-49-24-20-18-19-21-31-76(93)35-48(86)59(78-73(92)98-16)56(49)45(76)30-32-108-110-75(10,11)36-52(88)81-80-39(3)44-28-26-43(27-29-44)23-22-25-51(87)79-74(7,8)9/h18-19,26-30,40-41,46-47,49-50,53-54,58,60-61,64-65,67-68,70-72,82,85,89-90,93H,17,22-23,25,32-37H2,1-16H3,(H,78,92)(H,79,87)(H,81,88)/b19-18-,45-30+,80-39?/t40?,41?,46?,47?,49-,50?,53?,54?,58?,60?,61?,64?,65?,67?,68?,70?,71?,72?,76-/m0/s1. The van der Waals surface area contributed by atoms with Gasteiger partial charge in [0.05, 0.1) is 96.6 Å². The van der Waals surface area contributed by atoms with E-state index in [9.17, 15) is 49.2 Å². The number of halogens is 1. The van der Waals surface area contributed by atoms with Gasteiger partial charge in [0.2, 0.25) is 34.9 Å². The minimum Gasteiger partial charge on any atom is -0.492 e. The monoisotopic (exact) mass is 1700 g/mol. The molecule has 604 valence electrons. The number of epoxide rings is 1. The van der Waals surface area contributed by atoms with Crippen molar-refractivity contribution in [3.63, 3.8) is 0 Å². The largest absolute Gasteiger partial charge is 0.492 e. The number of rotatable bonds is 30. The van der Waals surface area contributed by atoms with Crippen LogP contribution in [0.25, 0.3) is 0 Å². The van der Waals surface area contributed by atoms with Crippen molar-refractivity contribution in [3.8, 4) is 40.9 Å². The van der Waals surface area contributed by atoms with Crippen LogP contribution >= 0.6 is 55.9 Å². The smallest absolute Gasteiger partial charge is 0.411 e. The summed E-state index contributed by atoms with van der Waals surface area (Å²) in [6.07, 6.45) is -12.4. The van der Waals surface area contributed by atoms with E-state index in [1.54, 1.807) is 38.7 Å². The lowest BCUT2D eigenvalue weighted by Gasteiger charge is -2.47. The molecule has 0 radical (unpaired) electrons. The zero-order valence-corrected chi connectivity index (χ0v) is 69.1. The molecular formula is C76H101IN6O24S3. The number of carbonyl (C=O) groups excluding carboxylic acids is 6. The highest BCUT2D eigenvalue weighted by molar-refractivity contribution is 14.1. The Morgan fingerprint density at radius 3 is 2.23 bits per heavy atom. The Kier molecular flexibility index (Phi) is 31.1. The molecule has 5 heterocycles. The average molecular weight is 1710 g/mol. The predicted molar refractivity (Wildman–Crippen MR) is 415 cm³/mol. The number of likely N-dealkylation sites (N-methyl/N-ethyl adjacent to an activating group) is 1. The number of hydrazone groups is 1. The summed E-state index contributed by atoms with van der Waals surface area (Å²) in [6.45, 7) is 19.9. The number of aryl methyl sites for hydroxylation is 1. The maximum atomic E-state index is 14.6. The lowest BCUT2D eigenvalue weighted by atomic mass is 9.75. The van der Waals surface area contributed by atoms with E-state index < -0.39 is 144 Å². The Bertz CT molecular complexity index is 3920. The summed E-state index contributed by atoms with van der Waals surface area (Å²) in [4.78, 5) is 88.9. The number of fused-ring (bicyclic) bond motifs is 3. The number of hydrogen-bond donors (Lipinski definition) is 8. The number of benzene rings is 2. The number of aliphatic hydroxyl groups excluding tert-OH is 3. The van der Waals surface area contributed by atoms with E-state index in [-0.39, 0.29) is 94.5 Å². The lowest BCUT2D eigenvalue weighted by molar-refractivity contribution is -0.337. The van der Waals surface area contributed by atoms with Crippen molar-refractivity contribution in [1.29, 1.82) is 0 Å². The summed E-state index contributed by atoms with van der Waals surface area (Å²) in [5.41, 5.74) is 5.64. The van der Waals surface area contributed by atoms with Crippen LogP contribution < -0.4 is 35.8 Å². The Hall–Kier alpha value is -5.95. The minimum atomic E-state index is -2.22. The highest BCUT2D eigenvalue weighted by atomic mass is 127. The summed E-state index contributed by atoms with van der Waals surface area (Å²) in [5, 5.41) is 57.1. The van der Waals surface area contributed by atoms with E-state index in [0.717, 1.165) is 36.4 Å². The van der Waals surface area contributed by atoms with Crippen LogP contribution in [0.3, 0.4) is 0 Å². The topological polar surface area (TPSA) is 380 Å². The van der Waals surface area contributed by atoms with Crippen LogP contribution in [-0.4, -0.2) is 246 Å². The molecule has 5 saturated heterocycles. The number of allylic oxidation sites excluding steroid dienone is 3. The fraction of sp³-hybridized carbons (Fsp3) is 0.618. The molecule has 34 heteroatoms. The molecule has 0 aromatic heterocycles. The van der Waals surface area contributed by atoms with Crippen molar-refractivity contribution in [3.05, 3.63) is 85.2 Å². The van der Waals surface area contributed by atoms with Gasteiger partial charge in [0.25, 0.3) is 0 Å². The van der Waals surface area contributed by atoms with Crippen LogP contribution in [-0.2, 0) is 77.8 Å². The summed E-state index contributed by atoms with van der Waals surface area (Å²) in [7, 11) is 9.48. The van der Waals surface area contributed by atoms with E-state index in [1.807, 2.05) is 88.4 Å². The Labute approximate surface area is 666 Å². The molecule has 19 atom stereocenters. The van der Waals surface area contributed by atoms with Gasteiger partial charge in [0, 0.05) is 80.6 Å². The molecule has 8 N–H and O–H groups in total. The van der Waals surface area contributed by atoms with E-state index in [0.29, 0.717) is 34.2 Å². The van der Waals surface area contributed by atoms with Gasteiger partial charge >= 0.3 is 6.09 Å². The quantitative estimate of drug-likeness (QED) is 0.00833. The van der Waals surface area contributed by atoms with Crippen molar-refractivity contribution >= 4 is 96.4 Å². The van der Waals surface area contributed by atoms with Crippen LogP contribution in [0.2, 0.25) is 0 Å². The molecule has 7 aliphatic rings. The Balaban J connectivity index is 0.918. The first-order valence-electron chi connectivity index (χ1n) is 36.1. The molecule has 2 aromatic rings. The second kappa shape index (κ2) is 38.9. The number of amides is 4. The van der Waals surface area contributed by atoms with Gasteiger partial charge < -0.3 is 92.2 Å². The first-order chi connectivity index (χ1) is 52.2. The third-order valence-corrected chi connectivity index (χ3v) is 25.0. The van der Waals surface area contributed by atoms with Gasteiger partial charge in [-0.1, -0.05) is 87.4 Å². The van der Waals surface area contributed by atoms with Gasteiger partial charge in [-0.25, -0.2) is 10.2 Å². The van der Waals surface area contributed by atoms with Crippen LogP contribution in [0.4, 0.5) is 4.79 Å². The van der Waals surface area contributed by atoms with Crippen molar-refractivity contribution in [2.24, 2.45) is 5.10 Å². The normalized spacial score (nSPS) is 30.8. The summed E-state index contributed by atoms with van der Waals surface area (Å²) in [6, 6.07) is 6.08. The van der Waals surface area contributed by atoms with E-state index >= 15 is 0 Å². The van der Waals surface area contributed by atoms with Gasteiger partial charge in [0.15, 0.2) is 48.0 Å². The number of ketones is 1. The summed E-state index contributed by atoms with van der Waals surface area (Å²) < 4.78 is 78.3. The molecule has 17 unspecified atom stereocenters. The fourth-order valence-electron chi connectivity index (χ4n) is 13.6. The number of hydroxylamine groups is 1. The first-order valence-corrected chi connectivity index (χ1v) is 40.4. The van der Waals surface area contributed by atoms with Gasteiger partial charge in [-0.2, -0.15) is 10.6 Å². The molecule has 110 heavy (non-hydrogen) atoms. The number of hydrogen-bond acceptors (Lipinski definition) is 29. The number of nitrogens with one attached hydrogen (secondary N) is 4. The van der Waals surface area contributed by atoms with Crippen molar-refractivity contribution in [2.45, 2.75) is 247 Å². The molecule has 2 aromatic carbocycles. The highest BCUT2D eigenvalue weighted by Crippen LogP contribution is 2.50. The number of nitrogens with zero attached hydrogens (tertiary/aromatic N) is 2. The van der Waals surface area contributed by atoms with Crippen LogP contribution in [0.15, 0.2) is 64.4 Å². The molecule has 0 saturated carbocycles. The molecule has 30 nitrogen and oxygen atoms in total. The fourth-order valence-corrected chi connectivity index (χ4v) is 17.8. The molecule has 9 rings (SSSR count). The van der Waals surface area contributed by atoms with Crippen molar-refractivity contribution in [1.82, 2.24) is 26.4 Å². The van der Waals surface area contributed by atoms with Crippen LogP contribution in [0.1, 0.15) is 135 Å². The maximum Gasteiger partial charge on any atom is 0.411 e. The van der Waals surface area contributed by atoms with E-state index in [1.165, 1.54) is 69.1 Å². The van der Waals surface area contributed by atoms with Gasteiger partial charge in [0.1, 0.15) is 36.6 Å². The summed E-state index contributed by atoms with van der Waals surface area (Å²) >= 11 is 2.83. The molecule has 5 fully saturated rings. The number of methoxy groups -OCH3 is 5. The maximum absolute atomic E-state index is 14.6. The first kappa shape index (κ1) is 88.0. The number of aliphatic hydroxyl groups is 4. The zero-order chi connectivity index (χ0) is 80.3. The molecule has 2 bridgehead atoms. The molecule has 5 aliphatic heterocycles. The van der Waals surface area contributed by atoms with Crippen LogP contribution in [0.5, 0.6) is 17.2 Å².